The normalized spacial score (nSPS) is 11.3. The van der Waals surface area contributed by atoms with Crippen LogP contribution >= 0.6 is 0 Å². The lowest BCUT2D eigenvalue weighted by Gasteiger charge is -2.10. The van der Waals surface area contributed by atoms with Crippen molar-refractivity contribution in [2.24, 2.45) is 0 Å². The molecule has 4 aromatic rings. The lowest BCUT2D eigenvalue weighted by Crippen LogP contribution is -2.12. The van der Waals surface area contributed by atoms with Crippen molar-refractivity contribution in [1.29, 1.82) is 0 Å². The van der Waals surface area contributed by atoms with Crippen LogP contribution in [0.5, 0.6) is 0 Å². The fraction of sp³-hybridized carbons (Fsp3) is 0.286. The van der Waals surface area contributed by atoms with Gasteiger partial charge in [0, 0.05) is 35.8 Å². The largest absolute Gasteiger partial charge is 0.354 e. The number of halogens is 1. The molecule has 0 amide bonds. The highest BCUT2D eigenvalue weighted by atomic mass is 19.1. The molecule has 8 heteroatoms. The Bertz CT molecular complexity index is 1110. The second-order valence-electron chi connectivity index (χ2n) is 7.10. The number of nitrogens with zero attached hydrogens (tertiary/aromatic N) is 6. The van der Waals surface area contributed by atoms with E-state index in [1.807, 2.05) is 18.2 Å². The molecule has 0 aliphatic heterocycles. The summed E-state index contributed by atoms with van der Waals surface area (Å²) in [6.07, 6.45) is 8.08. The maximum atomic E-state index is 13.7. The van der Waals surface area contributed by atoms with Crippen LogP contribution in [-0.4, -0.2) is 36.1 Å². The number of rotatable bonds is 7. The number of aryl methyl sites for hydroxylation is 1. The number of pyridine rings is 2. The van der Waals surface area contributed by atoms with Crippen LogP contribution in [0.15, 0.2) is 49.1 Å². The van der Waals surface area contributed by atoms with Gasteiger partial charge in [-0.15, -0.1) is 0 Å². The van der Waals surface area contributed by atoms with Crippen LogP contribution in [0.2, 0.25) is 0 Å². The molecular formula is C21H22FN7. The predicted molar refractivity (Wildman–Crippen MR) is 109 cm³/mol. The number of hydrogen-bond donors (Lipinski definition) is 1. The Balaban J connectivity index is 1.62. The molecular weight excluding hydrogens is 369 g/mol. The van der Waals surface area contributed by atoms with Gasteiger partial charge >= 0.3 is 0 Å². The van der Waals surface area contributed by atoms with Crippen LogP contribution in [0, 0.1) is 5.82 Å². The molecule has 0 unspecified atom stereocenters. The first kappa shape index (κ1) is 18.9. The van der Waals surface area contributed by atoms with E-state index in [0.717, 1.165) is 30.3 Å². The van der Waals surface area contributed by atoms with Crippen molar-refractivity contribution in [3.63, 3.8) is 0 Å². The molecule has 0 fully saturated rings. The molecule has 0 bridgehead atoms. The quantitative estimate of drug-likeness (QED) is 0.482. The molecule has 148 valence electrons. The topological polar surface area (TPSA) is 80.9 Å². The maximum Gasteiger partial charge on any atom is 0.227 e. The van der Waals surface area contributed by atoms with Crippen molar-refractivity contribution in [3.8, 4) is 11.4 Å². The highest BCUT2D eigenvalue weighted by Crippen LogP contribution is 2.24. The van der Waals surface area contributed by atoms with E-state index in [-0.39, 0.29) is 5.92 Å². The monoisotopic (exact) mass is 391 g/mol. The van der Waals surface area contributed by atoms with Crippen molar-refractivity contribution < 1.29 is 4.39 Å². The average molecular weight is 391 g/mol. The Morgan fingerprint density at radius 2 is 2.03 bits per heavy atom. The molecule has 4 aromatic heterocycles. The van der Waals surface area contributed by atoms with E-state index in [1.165, 1.54) is 6.07 Å². The fourth-order valence-corrected chi connectivity index (χ4v) is 3.10. The van der Waals surface area contributed by atoms with E-state index in [0.29, 0.717) is 29.5 Å². The average Bonchev–Trinajstić information content (AvgIpc) is 3.16. The second-order valence-corrected chi connectivity index (χ2v) is 7.10. The Labute approximate surface area is 168 Å². The van der Waals surface area contributed by atoms with Gasteiger partial charge in [0.2, 0.25) is 5.95 Å². The molecule has 0 saturated carbocycles. The smallest absolute Gasteiger partial charge is 0.227 e. The van der Waals surface area contributed by atoms with E-state index in [1.54, 1.807) is 23.1 Å². The van der Waals surface area contributed by atoms with Gasteiger partial charge in [-0.3, -0.25) is 9.97 Å². The maximum absolute atomic E-state index is 13.7. The first-order valence-electron chi connectivity index (χ1n) is 9.62. The van der Waals surface area contributed by atoms with Gasteiger partial charge in [-0.25, -0.2) is 9.37 Å². The summed E-state index contributed by atoms with van der Waals surface area (Å²) in [6, 6.07) is 7.29. The Morgan fingerprint density at radius 1 is 1.14 bits per heavy atom. The second kappa shape index (κ2) is 8.30. The zero-order chi connectivity index (χ0) is 20.2. The third-order valence-corrected chi connectivity index (χ3v) is 4.60. The summed E-state index contributed by atoms with van der Waals surface area (Å²) in [6.45, 7) is 4.87. The molecule has 1 N–H and O–H groups in total. The van der Waals surface area contributed by atoms with Gasteiger partial charge in [0.05, 0.1) is 12.4 Å². The summed E-state index contributed by atoms with van der Waals surface area (Å²) in [4.78, 5) is 17.5. The van der Waals surface area contributed by atoms with Gasteiger partial charge in [0.15, 0.2) is 11.5 Å². The number of anilines is 1. The number of nitrogens with one attached hydrogen (secondary N) is 1. The van der Waals surface area contributed by atoms with Gasteiger partial charge in [0.1, 0.15) is 5.82 Å². The van der Waals surface area contributed by atoms with Gasteiger partial charge in [-0.1, -0.05) is 19.9 Å². The molecule has 0 aliphatic carbocycles. The van der Waals surface area contributed by atoms with Crippen LogP contribution in [0.25, 0.3) is 17.0 Å². The van der Waals surface area contributed by atoms with E-state index >= 15 is 0 Å². The Hall–Kier alpha value is -3.42. The van der Waals surface area contributed by atoms with Crippen LogP contribution in [0.1, 0.15) is 37.4 Å². The summed E-state index contributed by atoms with van der Waals surface area (Å²) in [5.41, 5.74) is 3.30. The van der Waals surface area contributed by atoms with Crippen molar-refractivity contribution in [2.45, 2.75) is 32.6 Å². The first-order chi connectivity index (χ1) is 14.1. The molecule has 4 rings (SSSR count). The highest BCUT2D eigenvalue weighted by Gasteiger charge is 2.16. The van der Waals surface area contributed by atoms with E-state index in [9.17, 15) is 4.39 Å². The molecule has 4 heterocycles. The van der Waals surface area contributed by atoms with E-state index in [4.69, 9.17) is 0 Å². The van der Waals surface area contributed by atoms with Crippen LogP contribution in [0.3, 0.4) is 0 Å². The van der Waals surface area contributed by atoms with E-state index in [2.05, 4.69) is 44.2 Å². The van der Waals surface area contributed by atoms with Gasteiger partial charge in [-0.2, -0.15) is 14.6 Å². The predicted octanol–water partition coefficient (Wildman–Crippen LogP) is 3.89. The van der Waals surface area contributed by atoms with Gasteiger partial charge < -0.3 is 5.32 Å². The summed E-state index contributed by atoms with van der Waals surface area (Å²) < 4.78 is 15.4. The van der Waals surface area contributed by atoms with Gasteiger partial charge in [0.25, 0.3) is 0 Å². The van der Waals surface area contributed by atoms with Crippen LogP contribution in [-0.2, 0) is 6.42 Å². The molecule has 0 atom stereocenters. The molecule has 29 heavy (non-hydrogen) atoms. The summed E-state index contributed by atoms with van der Waals surface area (Å²) in [7, 11) is 0. The van der Waals surface area contributed by atoms with Crippen molar-refractivity contribution in [2.75, 3.05) is 11.9 Å². The number of fused-ring (bicyclic) bond motifs is 1. The Kier molecular flexibility index (Phi) is 5.41. The minimum atomic E-state index is -0.423. The summed E-state index contributed by atoms with van der Waals surface area (Å²) in [5, 5.41) is 7.80. The van der Waals surface area contributed by atoms with Crippen LogP contribution in [0.4, 0.5) is 10.3 Å². The van der Waals surface area contributed by atoms with Crippen molar-refractivity contribution >= 4 is 11.6 Å². The van der Waals surface area contributed by atoms with Crippen molar-refractivity contribution in [1.82, 2.24) is 29.5 Å². The number of hydrogen-bond acceptors (Lipinski definition) is 6. The molecule has 0 aliphatic rings. The first-order valence-corrected chi connectivity index (χ1v) is 9.62. The summed E-state index contributed by atoms with van der Waals surface area (Å²) in [5.74, 6) is 0.813. The van der Waals surface area contributed by atoms with Crippen molar-refractivity contribution in [3.05, 3.63) is 66.1 Å². The summed E-state index contributed by atoms with van der Waals surface area (Å²) >= 11 is 0. The lowest BCUT2D eigenvalue weighted by molar-refractivity contribution is 0.622. The van der Waals surface area contributed by atoms with Gasteiger partial charge in [-0.05, 0) is 37.0 Å². The third kappa shape index (κ3) is 4.21. The zero-order valence-corrected chi connectivity index (χ0v) is 16.4. The SMILES string of the molecule is CC(C)c1cnn2c(NCCCc3ccccn3)nc(-c3cncc(F)c3)nc12. The molecule has 0 aromatic carbocycles. The van der Waals surface area contributed by atoms with Crippen LogP contribution < -0.4 is 5.32 Å². The molecule has 7 nitrogen and oxygen atoms in total. The lowest BCUT2D eigenvalue weighted by atomic mass is 10.1. The van der Waals surface area contributed by atoms with E-state index < -0.39 is 5.82 Å². The molecule has 0 spiro atoms. The zero-order valence-electron chi connectivity index (χ0n) is 16.4. The third-order valence-electron chi connectivity index (χ3n) is 4.60. The molecule has 0 saturated heterocycles. The standard InChI is InChI=1S/C21H22FN7/c1-14(2)18-13-26-29-20(18)27-19(15-10-16(22)12-23-11-15)28-21(29)25-9-5-7-17-6-3-4-8-24-17/h3-4,6,8,10-14H,5,7,9H2,1-2H3,(H,25,27,28). The Morgan fingerprint density at radius 3 is 2.79 bits per heavy atom. The number of aromatic nitrogens is 6. The molecule has 0 radical (unpaired) electrons. The minimum absolute atomic E-state index is 0.248. The minimum Gasteiger partial charge on any atom is -0.354 e. The highest BCUT2D eigenvalue weighted by molar-refractivity contribution is 5.61. The fourth-order valence-electron chi connectivity index (χ4n) is 3.10.